The molecular weight excluding hydrogens is 260 g/mol. The summed E-state index contributed by atoms with van der Waals surface area (Å²) in [5.41, 5.74) is 1.86. The second-order valence-corrected chi connectivity index (χ2v) is 4.17. The Morgan fingerprint density at radius 2 is 2.15 bits per heavy atom. The van der Waals surface area contributed by atoms with Crippen molar-refractivity contribution in [1.82, 2.24) is 9.97 Å². The van der Waals surface area contributed by atoms with E-state index in [0.717, 1.165) is 0 Å². The van der Waals surface area contributed by atoms with Crippen LogP contribution in [-0.4, -0.2) is 26.3 Å². The molecule has 6 heteroatoms. The van der Waals surface area contributed by atoms with Crippen LogP contribution in [0.25, 0.3) is 22.2 Å². The molecule has 0 spiro atoms. The SMILES string of the molecule is O=C(O)Oc1c(-c2cccnc2)[nH]c2ccc(O)cc12. The van der Waals surface area contributed by atoms with Crippen LogP contribution >= 0.6 is 0 Å². The Kier molecular flexibility index (Phi) is 2.76. The summed E-state index contributed by atoms with van der Waals surface area (Å²) in [6, 6.07) is 8.13. The predicted octanol–water partition coefficient (Wildman–Crippen LogP) is 2.99. The van der Waals surface area contributed by atoms with E-state index in [-0.39, 0.29) is 11.5 Å². The smallest absolute Gasteiger partial charge is 0.508 e. The second kappa shape index (κ2) is 4.58. The Bertz CT molecular complexity index is 780. The van der Waals surface area contributed by atoms with Crippen molar-refractivity contribution in [2.45, 2.75) is 0 Å². The fourth-order valence-electron chi connectivity index (χ4n) is 2.06. The van der Waals surface area contributed by atoms with Crippen molar-refractivity contribution in [3.8, 4) is 22.8 Å². The summed E-state index contributed by atoms with van der Waals surface area (Å²) in [7, 11) is 0. The van der Waals surface area contributed by atoms with Crippen LogP contribution in [0.1, 0.15) is 0 Å². The number of hydrogen-bond donors (Lipinski definition) is 3. The van der Waals surface area contributed by atoms with Crippen molar-refractivity contribution in [1.29, 1.82) is 0 Å². The second-order valence-electron chi connectivity index (χ2n) is 4.17. The van der Waals surface area contributed by atoms with E-state index in [1.807, 2.05) is 0 Å². The first-order chi connectivity index (χ1) is 9.65. The molecule has 3 rings (SSSR count). The maximum Gasteiger partial charge on any atom is 0.511 e. The molecule has 0 aliphatic carbocycles. The molecule has 100 valence electrons. The predicted molar refractivity (Wildman–Crippen MR) is 71.8 cm³/mol. The van der Waals surface area contributed by atoms with Crippen molar-refractivity contribution >= 4 is 17.1 Å². The fraction of sp³-hybridized carbons (Fsp3) is 0. The zero-order valence-corrected chi connectivity index (χ0v) is 10.2. The number of phenols is 1. The van der Waals surface area contributed by atoms with Crippen molar-refractivity contribution in [3.05, 3.63) is 42.7 Å². The highest BCUT2D eigenvalue weighted by molar-refractivity contribution is 5.96. The number of hydrogen-bond acceptors (Lipinski definition) is 4. The minimum Gasteiger partial charge on any atom is -0.508 e. The number of phenolic OH excluding ortho intramolecular Hbond substituents is 1. The van der Waals surface area contributed by atoms with Gasteiger partial charge in [-0.3, -0.25) is 4.98 Å². The molecule has 0 unspecified atom stereocenters. The minimum atomic E-state index is -1.42. The van der Waals surface area contributed by atoms with Gasteiger partial charge in [-0.15, -0.1) is 0 Å². The molecule has 0 bridgehead atoms. The summed E-state index contributed by atoms with van der Waals surface area (Å²) in [6.07, 6.45) is 1.80. The maximum absolute atomic E-state index is 10.9. The van der Waals surface area contributed by atoms with E-state index < -0.39 is 6.16 Å². The summed E-state index contributed by atoms with van der Waals surface area (Å²) in [4.78, 5) is 17.9. The van der Waals surface area contributed by atoms with Gasteiger partial charge in [-0.25, -0.2) is 4.79 Å². The van der Waals surface area contributed by atoms with Crippen molar-refractivity contribution in [2.24, 2.45) is 0 Å². The van der Waals surface area contributed by atoms with Crippen LogP contribution in [-0.2, 0) is 0 Å². The van der Waals surface area contributed by atoms with E-state index in [4.69, 9.17) is 9.84 Å². The molecule has 0 saturated heterocycles. The van der Waals surface area contributed by atoms with Crippen LogP contribution in [0.15, 0.2) is 42.7 Å². The number of aromatic amines is 1. The van der Waals surface area contributed by atoms with E-state index in [2.05, 4.69) is 9.97 Å². The van der Waals surface area contributed by atoms with E-state index in [1.165, 1.54) is 12.1 Å². The van der Waals surface area contributed by atoms with Crippen LogP contribution in [0.2, 0.25) is 0 Å². The number of carbonyl (C=O) groups is 1. The average molecular weight is 270 g/mol. The van der Waals surface area contributed by atoms with E-state index in [9.17, 15) is 9.90 Å². The highest BCUT2D eigenvalue weighted by Gasteiger charge is 2.17. The number of aromatic nitrogens is 2. The largest absolute Gasteiger partial charge is 0.511 e. The summed E-state index contributed by atoms with van der Waals surface area (Å²) < 4.78 is 4.85. The van der Waals surface area contributed by atoms with Crippen LogP contribution in [0.5, 0.6) is 11.5 Å². The number of H-pyrrole nitrogens is 1. The molecule has 6 nitrogen and oxygen atoms in total. The van der Waals surface area contributed by atoms with E-state index in [0.29, 0.717) is 22.2 Å². The molecule has 0 radical (unpaired) electrons. The highest BCUT2D eigenvalue weighted by Crippen LogP contribution is 2.38. The molecule has 0 saturated carbocycles. The number of pyridine rings is 1. The van der Waals surface area contributed by atoms with Gasteiger partial charge in [-0.1, -0.05) is 0 Å². The molecule has 2 aromatic heterocycles. The van der Waals surface area contributed by atoms with Crippen LogP contribution in [0.4, 0.5) is 4.79 Å². The minimum absolute atomic E-state index is 0.0319. The molecule has 0 aliphatic heterocycles. The Hall–Kier alpha value is -3.02. The molecule has 0 fully saturated rings. The fourth-order valence-corrected chi connectivity index (χ4v) is 2.06. The van der Waals surface area contributed by atoms with Gasteiger partial charge >= 0.3 is 6.16 Å². The maximum atomic E-state index is 10.9. The molecule has 2 heterocycles. The number of carboxylic acid groups (broad SMARTS) is 1. The third kappa shape index (κ3) is 2.03. The van der Waals surface area contributed by atoms with Gasteiger partial charge in [0.15, 0.2) is 5.75 Å². The van der Waals surface area contributed by atoms with Crippen LogP contribution in [0, 0.1) is 0 Å². The lowest BCUT2D eigenvalue weighted by atomic mass is 10.1. The molecule has 0 atom stereocenters. The lowest BCUT2D eigenvalue weighted by molar-refractivity contribution is 0.145. The number of aromatic hydroxyl groups is 1. The third-order valence-electron chi connectivity index (χ3n) is 2.87. The summed E-state index contributed by atoms with van der Waals surface area (Å²) in [5.74, 6) is 0.181. The Balaban J connectivity index is 2.28. The number of ether oxygens (including phenoxy) is 1. The van der Waals surface area contributed by atoms with Gasteiger partial charge in [0.1, 0.15) is 5.75 Å². The quantitative estimate of drug-likeness (QED) is 0.622. The van der Waals surface area contributed by atoms with E-state index in [1.54, 1.807) is 30.6 Å². The van der Waals surface area contributed by atoms with Gasteiger partial charge in [0, 0.05) is 28.9 Å². The van der Waals surface area contributed by atoms with Crippen LogP contribution < -0.4 is 4.74 Å². The zero-order chi connectivity index (χ0) is 14.1. The van der Waals surface area contributed by atoms with Gasteiger partial charge in [-0.2, -0.15) is 0 Å². The molecule has 0 amide bonds. The van der Waals surface area contributed by atoms with Gasteiger partial charge in [0.2, 0.25) is 0 Å². The number of nitrogens with one attached hydrogen (secondary N) is 1. The normalized spacial score (nSPS) is 10.6. The zero-order valence-electron chi connectivity index (χ0n) is 10.2. The standard InChI is InChI=1S/C14H10N2O4/c17-9-3-4-11-10(6-9)13(20-14(18)19)12(16-11)8-2-1-5-15-7-8/h1-7,16-17H,(H,18,19). The van der Waals surface area contributed by atoms with Gasteiger partial charge in [-0.05, 0) is 30.3 Å². The Morgan fingerprint density at radius 1 is 1.30 bits per heavy atom. The average Bonchev–Trinajstić information content (AvgIpc) is 2.77. The topological polar surface area (TPSA) is 95.4 Å². The Morgan fingerprint density at radius 3 is 2.85 bits per heavy atom. The molecular formula is C14H10N2O4. The summed E-state index contributed by atoms with van der Waals surface area (Å²) in [5, 5.41) is 18.9. The number of fused-ring (bicyclic) bond motifs is 1. The van der Waals surface area contributed by atoms with Crippen molar-refractivity contribution < 1.29 is 19.7 Å². The molecule has 3 N–H and O–H groups in total. The summed E-state index contributed by atoms with van der Waals surface area (Å²) in [6.45, 7) is 0. The molecule has 1 aromatic carbocycles. The summed E-state index contributed by atoms with van der Waals surface area (Å²) >= 11 is 0. The van der Waals surface area contributed by atoms with Gasteiger partial charge < -0.3 is 19.9 Å². The molecule has 0 aliphatic rings. The lowest BCUT2D eigenvalue weighted by Crippen LogP contribution is -2.03. The molecule has 20 heavy (non-hydrogen) atoms. The number of rotatable bonds is 2. The lowest BCUT2D eigenvalue weighted by Gasteiger charge is -2.03. The first kappa shape index (κ1) is 12.0. The monoisotopic (exact) mass is 270 g/mol. The van der Waals surface area contributed by atoms with Crippen molar-refractivity contribution in [2.75, 3.05) is 0 Å². The van der Waals surface area contributed by atoms with E-state index >= 15 is 0 Å². The first-order valence-corrected chi connectivity index (χ1v) is 5.81. The van der Waals surface area contributed by atoms with Gasteiger partial charge in [0.05, 0.1) is 5.69 Å². The number of benzene rings is 1. The third-order valence-corrected chi connectivity index (χ3v) is 2.87. The first-order valence-electron chi connectivity index (χ1n) is 5.81. The van der Waals surface area contributed by atoms with Crippen LogP contribution in [0.3, 0.4) is 0 Å². The van der Waals surface area contributed by atoms with Crippen molar-refractivity contribution in [3.63, 3.8) is 0 Å². The van der Waals surface area contributed by atoms with Gasteiger partial charge in [0.25, 0.3) is 0 Å². The molecule has 3 aromatic rings. The number of nitrogens with zero attached hydrogens (tertiary/aromatic N) is 1. The Labute approximate surface area is 113 Å². The highest BCUT2D eigenvalue weighted by atomic mass is 16.7.